The summed E-state index contributed by atoms with van der Waals surface area (Å²) in [5.74, 6) is 0.634. The molecule has 0 aliphatic rings. The average molecular weight is 199 g/mol. The number of nitrogens with zero attached hydrogens (tertiary/aromatic N) is 1. The molecule has 1 aromatic rings. The van der Waals surface area contributed by atoms with Crippen molar-refractivity contribution in [2.24, 2.45) is 5.92 Å². The van der Waals surface area contributed by atoms with Crippen LogP contribution in [0.3, 0.4) is 0 Å². The smallest absolute Gasteiger partial charge is 0.182 e. The van der Waals surface area contributed by atoms with Gasteiger partial charge in [0.15, 0.2) is 5.13 Å². The lowest BCUT2D eigenvalue weighted by molar-refractivity contribution is 0.569. The molecule has 0 bridgehead atoms. The Morgan fingerprint density at radius 2 is 2.31 bits per heavy atom. The maximum atomic E-state index is 4.33. The Hall–Kier alpha value is -0.610. The van der Waals surface area contributed by atoms with Gasteiger partial charge in [0.25, 0.3) is 0 Å². The molecule has 1 aromatic heterocycles. The highest BCUT2D eigenvalue weighted by atomic mass is 32.1. The molecule has 13 heavy (non-hydrogen) atoms. The molecule has 3 nitrogen and oxygen atoms in total. The second kappa shape index (κ2) is 5.19. The van der Waals surface area contributed by atoms with Gasteiger partial charge in [0.2, 0.25) is 0 Å². The molecule has 0 aromatic carbocycles. The van der Waals surface area contributed by atoms with Crippen LogP contribution in [-0.2, 0) is 0 Å². The van der Waals surface area contributed by atoms with Crippen LogP contribution in [0.5, 0.6) is 0 Å². The molecule has 0 radical (unpaired) electrons. The topological polar surface area (TPSA) is 37.0 Å². The van der Waals surface area contributed by atoms with Crippen LogP contribution >= 0.6 is 11.3 Å². The molecule has 1 rings (SSSR count). The van der Waals surface area contributed by atoms with Crippen molar-refractivity contribution in [2.75, 3.05) is 25.5 Å². The molecule has 0 fully saturated rings. The van der Waals surface area contributed by atoms with Crippen molar-refractivity contribution >= 4 is 16.5 Å². The molecule has 0 saturated heterocycles. The molecular weight excluding hydrogens is 182 g/mol. The second-order valence-electron chi connectivity index (χ2n) is 3.34. The zero-order valence-electron chi connectivity index (χ0n) is 8.42. The van der Waals surface area contributed by atoms with E-state index >= 15 is 0 Å². The van der Waals surface area contributed by atoms with Crippen molar-refractivity contribution in [1.29, 1.82) is 0 Å². The average Bonchev–Trinajstić information content (AvgIpc) is 2.49. The van der Waals surface area contributed by atoms with Gasteiger partial charge in [-0.1, -0.05) is 6.92 Å². The number of hydrogen-bond acceptors (Lipinski definition) is 4. The van der Waals surface area contributed by atoms with E-state index in [0.29, 0.717) is 5.92 Å². The van der Waals surface area contributed by atoms with Crippen molar-refractivity contribution in [3.8, 4) is 0 Å². The van der Waals surface area contributed by atoms with Crippen LogP contribution in [0.25, 0.3) is 0 Å². The van der Waals surface area contributed by atoms with E-state index in [2.05, 4.69) is 27.9 Å². The molecule has 1 atom stereocenters. The van der Waals surface area contributed by atoms with Crippen LogP contribution in [0, 0.1) is 12.8 Å². The predicted octanol–water partition coefficient (Wildman–Crippen LogP) is 1.72. The third-order valence-electron chi connectivity index (χ3n) is 1.77. The summed E-state index contributed by atoms with van der Waals surface area (Å²) in [7, 11) is 1.98. The van der Waals surface area contributed by atoms with E-state index < -0.39 is 0 Å². The van der Waals surface area contributed by atoms with Crippen LogP contribution in [-0.4, -0.2) is 25.1 Å². The molecule has 1 heterocycles. The van der Waals surface area contributed by atoms with Gasteiger partial charge in [0.05, 0.1) is 5.69 Å². The SMILES string of the molecule is CNCC(C)CNc1nc(C)cs1. The number of nitrogens with one attached hydrogen (secondary N) is 2. The van der Waals surface area contributed by atoms with Gasteiger partial charge in [-0.2, -0.15) is 0 Å². The summed E-state index contributed by atoms with van der Waals surface area (Å²) < 4.78 is 0. The molecular formula is C9H17N3S. The number of anilines is 1. The zero-order chi connectivity index (χ0) is 9.68. The number of hydrogen-bond donors (Lipinski definition) is 2. The van der Waals surface area contributed by atoms with E-state index in [-0.39, 0.29) is 0 Å². The maximum absolute atomic E-state index is 4.33. The summed E-state index contributed by atoms with van der Waals surface area (Å²) in [4.78, 5) is 4.33. The molecule has 74 valence electrons. The van der Waals surface area contributed by atoms with Gasteiger partial charge < -0.3 is 10.6 Å². The Morgan fingerprint density at radius 1 is 1.54 bits per heavy atom. The molecule has 0 spiro atoms. The summed E-state index contributed by atoms with van der Waals surface area (Å²) in [6.45, 7) is 6.24. The largest absolute Gasteiger partial charge is 0.361 e. The maximum Gasteiger partial charge on any atom is 0.182 e. The van der Waals surface area contributed by atoms with Crippen LogP contribution < -0.4 is 10.6 Å². The van der Waals surface area contributed by atoms with Crippen molar-refractivity contribution in [3.63, 3.8) is 0 Å². The third-order valence-corrected chi connectivity index (χ3v) is 2.69. The number of aromatic nitrogens is 1. The minimum atomic E-state index is 0.634. The van der Waals surface area contributed by atoms with Gasteiger partial charge in [-0.3, -0.25) is 0 Å². The molecule has 0 aliphatic carbocycles. The molecule has 1 unspecified atom stereocenters. The minimum absolute atomic E-state index is 0.634. The molecule has 0 amide bonds. The predicted molar refractivity (Wildman–Crippen MR) is 58.4 cm³/mol. The van der Waals surface area contributed by atoms with Gasteiger partial charge in [-0.25, -0.2) is 4.98 Å². The quantitative estimate of drug-likeness (QED) is 0.758. The summed E-state index contributed by atoms with van der Waals surface area (Å²) >= 11 is 1.67. The first-order chi connectivity index (χ1) is 6.22. The monoisotopic (exact) mass is 199 g/mol. The number of rotatable bonds is 5. The lowest BCUT2D eigenvalue weighted by atomic mass is 10.2. The van der Waals surface area contributed by atoms with Crippen LogP contribution in [0.15, 0.2) is 5.38 Å². The lowest BCUT2D eigenvalue weighted by Gasteiger charge is -2.10. The standard InChI is InChI=1S/C9H17N3S/c1-7(4-10-3)5-11-9-12-8(2)6-13-9/h6-7,10H,4-5H2,1-3H3,(H,11,12). The normalized spacial score (nSPS) is 12.8. The summed E-state index contributed by atoms with van der Waals surface area (Å²) in [5.41, 5.74) is 1.09. The van der Waals surface area contributed by atoms with Gasteiger partial charge >= 0.3 is 0 Å². The van der Waals surface area contributed by atoms with E-state index in [0.717, 1.165) is 23.9 Å². The lowest BCUT2D eigenvalue weighted by Crippen LogP contribution is -2.22. The first-order valence-electron chi connectivity index (χ1n) is 4.53. The first-order valence-corrected chi connectivity index (χ1v) is 5.41. The minimum Gasteiger partial charge on any atom is -0.361 e. The zero-order valence-corrected chi connectivity index (χ0v) is 9.24. The van der Waals surface area contributed by atoms with Crippen molar-refractivity contribution in [2.45, 2.75) is 13.8 Å². The second-order valence-corrected chi connectivity index (χ2v) is 4.20. The van der Waals surface area contributed by atoms with Crippen molar-refractivity contribution < 1.29 is 0 Å². The number of aryl methyl sites for hydroxylation is 1. The van der Waals surface area contributed by atoms with Gasteiger partial charge in [-0.05, 0) is 26.4 Å². The molecule has 0 saturated carbocycles. The van der Waals surface area contributed by atoms with Gasteiger partial charge in [0.1, 0.15) is 0 Å². The molecule has 4 heteroatoms. The summed E-state index contributed by atoms with van der Waals surface area (Å²) in [6.07, 6.45) is 0. The Morgan fingerprint density at radius 3 is 2.85 bits per heavy atom. The van der Waals surface area contributed by atoms with Gasteiger partial charge in [0, 0.05) is 11.9 Å². The van der Waals surface area contributed by atoms with E-state index in [1.54, 1.807) is 11.3 Å². The highest BCUT2D eigenvalue weighted by Gasteiger charge is 2.01. The third kappa shape index (κ3) is 3.74. The van der Waals surface area contributed by atoms with E-state index in [1.807, 2.05) is 14.0 Å². The number of thiazole rings is 1. The molecule has 0 aliphatic heterocycles. The molecule has 2 N–H and O–H groups in total. The first kappa shape index (κ1) is 10.5. The van der Waals surface area contributed by atoms with Gasteiger partial charge in [-0.15, -0.1) is 11.3 Å². The fourth-order valence-corrected chi connectivity index (χ4v) is 1.82. The Kier molecular flexibility index (Phi) is 4.18. The fourth-order valence-electron chi connectivity index (χ4n) is 1.12. The van der Waals surface area contributed by atoms with Crippen molar-refractivity contribution in [1.82, 2.24) is 10.3 Å². The van der Waals surface area contributed by atoms with E-state index in [9.17, 15) is 0 Å². The van der Waals surface area contributed by atoms with Crippen LogP contribution in [0.1, 0.15) is 12.6 Å². The fraction of sp³-hybridized carbons (Fsp3) is 0.667. The highest BCUT2D eigenvalue weighted by Crippen LogP contribution is 2.14. The van der Waals surface area contributed by atoms with Crippen molar-refractivity contribution in [3.05, 3.63) is 11.1 Å². The summed E-state index contributed by atoms with van der Waals surface area (Å²) in [6, 6.07) is 0. The Labute approximate surface area is 83.6 Å². The van der Waals surface area contributed by atoms with Crippen LogP contribution in [0.2, 0.25) is 0 Å². The Balaban J connectivity index is 2.26. The highest BCUT2D eigenvalue weighted by molar-refractivity contribution is 7.13. The van der Waals surface area contributed by atoms with Crippen LogP contribution in [0.4, 0.5) is 5.13 Å². The summed E-state index contributed by atoms with van der Waals surface area (Å²) in [5, 5.41) is 9.56. The Bertz CT molecular complexity index is 247. The van der Waals surface area contributed by atoms with E-state index in [4.69, 9.17) is 0 Å². The van der Waals surface area contributed by atoms with E-state index in [1.165, 1.54) is 0 Å².